The first kappa shape index (κ1) is 12.4. The smallest absolute Gasteiger partial charge is 0.303 e. The molecular weight excluding hydrogens is 208 g/mol. The summed E-state index contributed by atoms with van der Waals surface area (Å²) in [5, 5.41) is 8.49. The minimum Gasteiger partial charge on any atom is -0.481 e. The third-order valence-electron chi connectivity index (χ3n) is 2.22. The van der Waals surface area contributed by atoms with Crippen molar-refractivity contribution in [1.82, 2.24) is 0 Å². The summed E-state index contributed by atoms with van der Waals surface area (Å²) in [6.07, 6.45) is -0.839. The Labute approximate surface area is 93.9 Å². The zero-order valence-electron chi connectivity index (χ0n) is 9.05. The van der Waals surface area contributed by atoms with Crippen molar-refractivity contribution in [1.29, 1.82) is 0 Å². The summed E-state index contributed by atoms with van der Waals surface area (Å²) in [5.74, 6) is -1.19. The van der Waals surface area contributed by atoms with Crippen LogP contribution in [0, 0.1) is 0 Å². The number of hydrogen-bond donors (Lipinski definition) is 1. The van der Waals surface area contributed by atoms with Gasteiger partial charge in [0.15, 0.2) is 5.78 Å². The molecule has 1 aromatic carbocycles. The van der Waals surface area contributed by atoms with Gasteiger partial charge < -0.3 is 9.84 Å². The van der Waals surface area contributed by atoms with Gasteiger partial charge in [-0.1, -0.05) is 30.3 Å². The molecule has 1 aromatic rings. The van der Waals surface area contributed by atoms with Gasteiger partial charge >= 0.3 is 5.97 Å². The van der Waals surface area contributed by atoms with Gasteiger partial charge in [0.05, 0.1) is 6.42 Å². The van der Waals surface area contributed by atoms with Gasteiger partial charge in [-0.2, -0.15) is 0 Å². The average molecular weight is 222 g/mol. The van der Waals surface area contributed by atoms with Crippen LogP contribution in [0.4, 0.5) is 0 Å². The van der Waals surface area contributed by atoms with Crippen molar-refractivity contribution in [2.24, 2.45) is 0 Å². The molecule has 0 amide bonds. The molecular formula is C12H14O4. The fraction of sp³-hybridized carbons (Fsp3) is 0.333. The minimum atomic E-state index is -0.976. The van der Waals surface area contributed by atoms with Crippen molar-refractivity contribution < 1.29 is 19.4 Å². The lowest BCUT2D eigenvalue weighted by molar-refractivity contribution is -0.140. The number of hydrogen-bond acceptors (Lipinski definition) is 3. The van der Waals surface area contributed by atoms with E-state index >= 15 is 0 Å². The zero-order valence-corrected chi connectivity index (χ0v) is 9.05. The van der Waals surface area contributed by atoms with E-state index in [-0.39, 0.29) is 18.6 Å². The standard InChI is InChI=1S/C12H14O4/c1-16-12(9-5-3-2-4-6-9)10(13)7-8-11(14)15/h2-6,12H,7-8H2,1H3,(H,14,15). The highest BCUT2D eigenvalue weighted by atomic mass is 16.5. The zero-order chi connectivity index (χ0) is 12.0. The van der Waals surface area contributed by atoms with E-state index in [1.165, 1.54) is 7.11 Å². The SMILES string of the molecule is COC(C(=O)CCC(=O)O)c1ccccc1. The third kappa shape index (κ3) is 3.47. The molecule has 0 aliphatic heterocycles. The molecule has 0 radical (unpaired) electrons. The van der Waals surface area contributed by atoms with Crippen LogP contribution in [0.1, 0.15) is 24.5 Å². The van der Waals surface area contributed by atoms with Gasteiger partial charge in [-0.3, -0.25) is 9.59 Å². The lowest BCUT2D eigenvalue weighted by atomic mass is 10.0. The second kappa shape index (κ2) is 6.02. The van der Waals surface area contributed by atoms with E-state index in [9.17, 15) is 9.59 Å². The molecule has 0 saturated carbocycles. The summed E-state index contributed by atoms with van der Waals surface area (Å²) in [6, 6.07) is 9.04. The quantitative estimate of drug-likeness (QED) is 0.797. The van der Waals surface area contributed by atoms with Crippen molar-refractivity contribution in [2.45, 2.75) is 18.9 Å². The number of ketones is 1. The predicted molar refractivity (Wildman–Crippen MR) is 58.1 cm³/mol. The number of carboxylic acids is 1. The van der Waals surface area contributed by atoms with Crippen molar-refractivity contribution in [3.05, 3.63) is 35.9 Å². The highest BCUT2D eigenvalue weighted by Crippen LogP contribution is 2.19. The lowest BCUT2D eigenvalue weighted by Crippen LogP contribution is -2.15. The predicted octanol–water partition coefficient (Wildman–Crippen LogP) is 1.81. The Kier molecular flexibility index (Phi) is 4.66. The molecule has 0 heterocycles. The number of carboxylic acid groups (broad SMARTS) is 1. The Morgan fingerprint density at radius 2 is 1.88 bits per heavy atom. The number of aliphatic carboxylic acids is 1. The first-order valence-corrected chi connectivity index (χ1v) is 4.97. The summed E-state index contributed by atoms with van der Waals surface area (Å²) in [4.78, 5) is 22.0. The molecule has 16 heavy (non-hydrogen) atoms. The van der Waals surface area contributed by atoms with Gasteiger partial charge in [0.1, 0.15) is 6.10 Å². The van der Waals surface area contributed by atoms with Gasteiger partial charge in [0.25, 0.3) is 0 Å². The Hall–Kier alpha value is -1.68. The van der Waals surface area contributed by atoms with Gasteiger partial charge in [-0.05, 0) is 5.56 Å². The number of ether oxygens (including phenoxy) is 1. The number of Topliss-reactive ketones (excluding diaryl/α,β-unsaturated/α-hetero) is 1. The van der Waals surface area contributed by atoms with Gasteiger partial charge in [0.2, 0.25) is 0 Å². The van der Waals surface area contributed by atoms with Gasteiger partial charge in [0, 0.05) is 13.5 Å². The molecule has 1 rings (SSSR count). The van der Waals surface area contributed by atoms with Crippen molar-refractivity contribution in [3.63, 3.8) is 0 Å². The summed E-state index contributed by atoms with van der Waals surface area (Å²) >= 11 is 0. The lowest BCUT2D eigenvalue weighted by Gasteiger charge is -2.13. The number of rotatable bonds is 6. The second-order valence-corrected chi connectivity index (χ2v) is 3.39. The number of carbonyl (C=O) groups excluding carboxylic acids is 1. The Bertz CT molecular complexity index is 359. The van der Waals surface area contributed by atoms with Crippen LogP contribution < -0.4 is 0 Å². The number of carbonyl (C=O) groups is 2. The minimum absolute atomic E-state index is 0.0112. The van der Waals surface area contributed by atoms with Crippen LogP contribution in [-0.2, 0) is 14.3 Å². The van der Waals surface area contributed by atoms with E-state index in [2.05, 4.69) is 0 Å². The molecule has 0 bridgehead atoms. The monoisotopic (exact) mass is 222 g/mol. The maximum atomic E-state index is 11.7. The number of methoxy groups -OCH3 is 1. The highest BCUT2D eigenvalue weighted by molar-refractivity contribution is 5.87. The summed E-state index contributed by atoms with van der Waals surface area (Å²) < 4.78 is 5.09. The molecule has 4 nitrogen and oxygen atoms in total. The molecule has 0 aromatic heterocycles. The Balaban J connectivity index is 2.68. The van der Waals surface area contributed by atoms with Crippen molar-refractivity contribution >= 4 is 11.8 Å². The molecule has 86 valence electrons. The topological polar surface area (TPSA) is 63.6 Å². The fourth-order valence-corrected chi connectivity index (χ4v) is 1.44. The van der Waals surface area contributed by atoms with E-state index in [0.717, 1.165) is 5.56 Å². The molecule has 4 heteroatoms. The first-order valence-electron chi connectivity index (χ1n) is 4.97. The van der Waals surface area contributed by atoms with Crippen molar-refractivity contribution in [3.8, 4) is 0 Å². The van der Waals surface area contributed by atoms with E-state index in [0.29, 0.717) is 0 Å². The van der Waals surface area contributed by atoms with E-state index in [1.807, 2.05) is 18.2 Å². The van der Waals surface area contributed by atoms with Crippen LogP contribution in [0.25, 0.3) is 0 Å². The molecule has 1 N–H and O–H groups in total. The fourth-order valence-electron chi connectivity index (χ4n) is 1.44. The maximum Gasteiger partial charge on any atom is 0.303 e. The molecule has 0 fully saturated rings. The summed E-state index contributed by atoms with van der Waals surface area (Å²) in [7, 11) is 1.44. The van der Waals surface area contributed by atoms with E-state index in [4.69, 9.17) is 9.84 Å². The van der Waals surface area contributed by atoms with Crippen molar-refractivity contribution in [2.75, 3.05) is 7.11 Å². The highest BCUT2D eigenvalue weighted by Gasteiger charge is 2.19. The van der Waals surface area contributed by atoms with Crippen LogP contribution in [-0.4, -0.2) is 24.0 Å². The van der Waals surface area contributed by atoms with Crippen LogP contribution in [0.15, 0.2) is 30.3 Å². The van der Waals surface area contributed by atoms with Crippen LogP contribution in [0.2, 0.25) is 0 Å². The molecule has 1 atom stereocenters. The largest absolute Gasteiger partial charge is 0.481 e. The third-order valence-corrected chi connectivity index (χ3v) is 2.22. The van der Waals surface area contributed by atoms with E-state index < -0.39 is 12.1 Å². The normalized spacial score (nSPS) is 12.1. The number of benzene rings is 1. The average Bonchev–Trinajstić information content (AvgIpc) is 2.29. The van der Waals surface area contributed by atoms with E-state index in [1.54, 1.807) is 12.1 Å². The molecule has 0 spiro atoms. The van der Waals surface area contributed by atoms with Crippen LogP contribution in [0.5, 0.6) is 0 Å². The maximum absolute atomic E-state index is 11.7. The Morgan fingerprint density at radius 3 is 2.38 bits per heavy atom. The summed E-state index contributed by atoms with van der Waals surface area (Å²) in [6.45, 7) is 0. The molecule has 0 saturated heterocycles. The van der Waals surface area contributed by atoms with Crippen LogP contribution in [0.3, 0.4) is 0 Å². The molecule has 0 aliphatic carbocycles. The molecule has 0 aliphatic rings. The van der Waals surface area contributed by atoms with Crippen LogP contribution >= 0.6 is 0 Å². The Morgan fingerprint density at radius 1 is 1.25 bits per heavy atom. The first-order chi connectivity index (χ1) is 7.65. The summed E-state index contributed by atoms with van der Waals surface area (Å²) in [5.41, 5.74) is 0.750. The second-order valence-electron chi connectivity index (χ2n) is 3.39. The van der Waals surface area contributed by atoms with Gasteiger partial charge in [-0.25, -0.2) is 0 Å². The van der Waals surface area contributed by atoms with Gasteiger partial charge in [-0.15, -0.1) is 0 Å². The molecule has 1 unspecified atom stereocenters.